The second-order valence-corrected chi connectivity index (χ2v) is 9.10. The summed E-state index contributed by atoms with van der Waals surface area (Å²) in [4.78, 5) is 39.2. The van der Waals surface area contributed by atoms with Crippen LogP contribution in [0, 0.1) is 5.92 Å². The van der Waals surface area contributed by atoms with Crippen LogP contribution in [0.15, 0.2) is 66.7 Å². The average molecular weight is 532 g/mol. The number of hydrogen-bond donors (Lipinski definition) is 2. The summed E-state index contributed by atoms with van der Waals surface area (Å²) in [5.74, 6) is 1.52. The monoisotopic (exact) mass is 531 g/mol. The first-order chi connectivity index (χ1) is 19.0. The van der Waals surface area contributed by atoms with Crippen molar-refractivity contribution in [3.8, 4) is 23.0 Å². The van der Waals surface area contributed by atoms with Gasteiger partial charge in [-0.15, -0.1) is 0 Å². The number of amides is 3. The summed E-state index contributed by atoms with van der Waals surface area (Å²) in [6, 6.07) is 19.5. The van der Waals surface area contributed by atoms with Crippen LogP contribution in [0.25, 0.3) is 0 Å². The zero-order chi connectivity index (χ0) is 27.2. The van der Waals surface area contributed by atoms with Crippen molar-refractivity contribution in [3.05, 3.63) is 72.3 Å². The number of carbonyl (C=O) groups is 3. The van der Waals surface area contributed by atoms with Gasteiger partial charge < -0.3 is 34.5 Å². The lowest BCUT2D eigenvalue weighted by atomic mass is 10.1. The van der Waals surface area contributed by atoms with Crippen LogP contribution in [0.4, 0.5) is 11.4 Å². The van der Waals surface area contributed by atoms with Crippen LogP contribution >= 0.6 is 0 Å². The molecule has 39 heavy (non-hydrogen) atoms. The van der Waals surface area contributed by atoms with Crippen molar-refractivity contribution >= 4 is 29.1 Å². The molecule has 0 spiro atoms. The minimum atomic E-state index is -0.450. The molecule has 2 N–H and O–H groups in total. The highest BCUT2D eigenvalue weighted by Gasteiger charge is 2.35. The van der Waals surface area contributed by atoms with Crippen LogP contribution in [0.2, 0.25) is 0 Å². The molecule has 1 saturated heterocycles. The Hall–Kier alpha value is -4.73. The quantitative estimate of drug-likeness (QED) is 0.412. The summed E-state index contributed by atoms with van der Waals surface area (Å²) in [6.45, 7) is 3.13. The van der Waals surface area contributed by atoms with E-state index in [-0.39, 0.29) is 44.1 Å². The minimum absolute atomic E-state index is 0.123. The number of nitrogens with one attached hydrogen (secondary N) is 2. The number of carbonyl (C=O) groups excluding carboxylic acids is 3. The average Bonchev–Trinajstić information content (AvgIpc) is 3.58. The van der Waals surface area contributed by atoms with E-state index in [1.807, 2.05) is 25.1 Å². The Morgan fingerprint density at radius 2 is 1.67 bits per heavy atom. The van der Waals surface area contributed by atoms with Gasteiger partial charge in [0.05, 0.1) is 12.5 Å². The molecule has 3 aromatic carbocycles. The number of benzene rings is 3. The fraction of sp³-hybridized carbons (Fsp3) is 0.276. The van der Waals surface area contributed by atoms with Crippen LogP contribution in [0.5, 0.6) is 23.0 Å². The SMILES string of the molecule is CCOc1ccc(NC(=O)COc2ccc(N3C[C@H](C(=O)NCc4ccc5c(c4)OCO5)CC3=O)cc2)cc1. The Bertz CT molecular complexity index is 1340. The Kier molecular flexibility index (Phi) is 7.81. The molecule has 10 nitrogen and oxygen atoms in total. The molecule has 0 unspecified atom stereocenters. The number of anilines is 2. The van der Waals surface area contributed by atoms with Crippen molar-refractivity contribution in [1.29, 1.82) is 0 Å². The van der Waals surface area contributed by atoms with Gasteiger partial charge in [-0.25, -0.2) is 0 Å². The molecule has 2 aliphatic rings. The fourth-order valence-corrected chi connectivity index (χ4v) is 4.39. The van der Waals surface area contributed by atoms with Gasteiger partial charge in [-0.1, -0.05) is 6.07 Å². The van der Waals surface area contributed by atoms with Crippen LogP contribution in [-0.4, -0.2) is 44.3 Å². The van der Waals surface area contributed by atoms with Crippen LogP contribution < -0.4 is 34.5 Å². The van der Waals surface area contributed by atoms with Gasteiger partial charge in [-0.2, -0.15) is 0 Å². The lowest BCUT2D eigenvalue weighted by molar-refractivity contribution is -0.126. The summed E-state index contributed by atoms with van der Waals surface area (Å²) in [5, 5.41) is 5.68. The summed E-state index contributed by atoms with van der Waals surface area (Å²) in [5.41, 5.74) is 2.19. The molecule has 3 amide bonds. The van der Waals surface area contributed by atoms with Crippen LogP contribution in [-0.2, 0) is 20.9 Å². The predicted molar refractivity (Wildman–Crippen MR) is 143 cm³/mol. The molecule has 0 radical (unpaired) electrons. The summed E-state index contributed by atoms with van der Waals surface area (Å²) >= 11 is 0. The third kappa shape index (κ3) is 6.40. The molecule has 1 atom stereocenters. The van der Waals surface area contributed by atoms with Gasteiger partial charge in [-0.05, 0) is 73.2 Å². The minimum Gasteiger partial charge on any atom is -0.494 e. The van der Waals surface area contributed by atoms with Crippen molar-refractivity contribution in [1.82, 2.24) is 5.32 Å². The predicted octanol–water partition coefficient (Wildman–Crippen LogP) is 3.50. The first-order valence-corrected chi connectivity index (χ1v) is 12.7. The van der Waals surface area contributed by atoms with Gasteiger partial charge in [0.25, 0.3) is 5.91 Å². The molecule has 0 saturated carbocycles. The topological polar surface area (TPSA) is 115 Å². The molecule has 3 aromatic rings. The normalized spacial score (nSPS) is 15.7. The van der Waals surface area contributed by atoms with Crippen LogP contribution in [0.1, 0.15) is 18.9 Å². The molecule has 0 bridgehead atoms. The molecule has 5 rings (SSSR count). The molecule has 1 fully saturated rings. The lowest BCUT2D eigenvalue weighted by Gasteiger charge is -2.17. The molecular formula is C29H29N3O7. The maximum Gasteiger partial charge on any atom is 0.262 e. The van der Waals surface area contributed by atoms with E-state index in [4.69, 9.17) is 18.9 Å². The lowest BCUT2D eigenvalue weighted by Crippen LogP contribution is -2.32. The Morgan fingerprint density at radius 1 is 0.949 bits per heavy atom. The van der Waals surface area contributed by atoms with E-state index in [0.717, 1.165) is 11.3 Å². The smallest absolute Gasteiger partial charge is 0.262 e. The van der Waals surface area contributed by atoms with Gasteiger partial charge in [0.2, 0.25) is 18.6 Å². The van der Waals surface area contributed by atoms with E-state index < -0.39 is 5.92 Å². The number of hydrogen-bond acceptors (Lipinski definition) is 7. The molecule has 0 aromatic heterocycles. The number of nitrogens with zero attached hydrogens (tertiary/aromatic N) is 1. The van der Waals surface area contributed by atoms with Crippen molar-refractivity contribution in [2.45, 2.75) is 19.9 Å². The van der Waals surface area contributed by atoms with Crippen LogP contribution in [0.3, 0.4) is 0 Å². The molecule has 202 valence electrons. The Labute approximate surface area is 225 Å². The van der Waals surface area contributed by atoms with Gasteiger partial charge in [-0.3, -0.25) is 14.4 Å². The third-order valence-electron chi connectivity index (χ3n) is 6.37. The van der Waals surface area contributed by atoms with Crippen molar-refractivity contribution in [2.75, 3.05) is 36.8 Å². The Morgan fingerprint density at radius 3 is 2.44 bits per heavy atom. The van der Waals surface area contributed by atoms with Gasteiger partial charge in [0.15, 0.2) is 18.1 Å². The van der Waals surface area contributed by atoms with E-state index in [1.54, 1.807) is 53.4 Å². The summed E-state index contributed by atoms with van der Waals surface area (Å²) < 4.78 is 21.7. The molecular weight excluding hydrogens is 502 g/mol. The molecule has 0 aliphatic carbocycles. The number of fused-ring (bicyclic) bond motifs is 1. The first kappa shape index (κ1) is 25.9. The van der Waals surface area contributed by atoms with E-state index >= 15 is 0 Å². The van der Waals surface area contributed by atoms with E-state index in [2.05, 4.69) is 10.6 Å². The molecule has 2 aliphatic heterocycles. The van der Waals surface area contributed by atoms with Gasteiger partial charge in [0, 0.05) is 30.9 Å². The van der Waals surface area contributed by atoms with Gasteiger partial charge >= 0.3 is 0 Å². The highest BCUT2D eigenvalue weighted by atomic mass is 16.7. The number of ether oxygens (including phenoxy) is 4. The second-order valence-electron chi connectivity index (χ2n) is 9.10. The number of rotatable bonds is 10. The van der Waals surface area contributed by atoms with Gasteiger partial charge in [0.1, 0.15) is 11.5 Å². The second kappa shape index (κ2) is 11.8. The Balaban J connectivity index is 1.08. The van der Waals surface area contributed by atoms with E-state index in [1.165, 1.54) is 0 Å². The third-order valence-corrected chi connectivity index (χ3v) is 6.37. The van der Waals surface area contributed by atoms with Crippen molar-refractivity contribution in [3.63, 3.8) is 0 Å². The highest BCUT2D eigenvalue weighted by molar-refractivity contribution is 6.00. The summed E-state index contributed by atoms with van der Waals surface area (Å²) in [6.07, 6.45) is 0.136. The zero-order valence-corrected chi connectivity index (χ0v) is 21.5. The largest absolute Gasteiger partial charge is 0.494 e. The molecule has 2 heterocycles. The van der Waals surface area contributed by atoms with Crippen molar-refractivity contribution < 1.29 is 33.3 Å². The maximum absolute atomic E-state index is 12.7. The summed E-state index contributed by atoms with van der Waals surface area (Å²) in [7, 11) is 0. The van der Waals surface area contributed by atoms with E-state index in [0.29, 0.717) is 41.8 Å². The van der Waals surface area contributed by atoms with E-state index in [9.17, 15) is 14.4 Å². The van der Waals surface area contributed by atoms with Crippen molar-refractivity contribution in [2.24, 2.45) is 5.92 Å². The first-order valence-electron chi connectivity index (χ1n) is 12.7. The molecule has 10 heteroatoms. The standard InChI is InChI=1S/C29H29N3O7/c1-2-36-23-8-4-21(5-9-23)31-27(33)17-37-24-10-6-22(7-11-24)32-16-20(14-28(32)34)29(35)30-15-19-3-12-25-26(13-19)39-18-38-25/h3-13,20H,2,14-18H2,1H3,(H,30,35)(H,31,33)/t20-/m1/s1. The maximum atomic E-state index is 12.7. The fourth-order valence-electron chi connectivity index (χ4n) is 4.39. The zero-order valence-electron chi connectivity index (χ0n) is 21.5. The highest BCUT2D eigenvalue weighted by Crippen LogP contribution is 2.32.